The van der Waals surface area contributed by atoms with Crippen molar-refractivity contribution in [1.29, 1.82) is 0 Å². The van der Waals surface area contributed by atoms with E-state index in [1.165, 1.54) is 12.0 Å². The first kappa shape index (κ1) is 19.3. The van der Waals surface area contributed by atoms with Gasteiger partial charge in [-0.25, -0.2) is 4.68 Å². The van der Waals surface area contributed by atoms with Gasteiger partial charge in [0.15, 0.2) is 0 Å². The lowest BCUT2D eigenvalue weighted by Crippen LogP contribution is -2.40. The lowest BCUT2D eigenvalue weighted by atomic mass is 10.1. The van der Waals surface area contributed by atoms with Gasteiger partial charge >= 0.3 is 5.97 Å². The number of carbonyl (C=O) groups excluding carboxylic acids is 2. The van der Waals surface area contributed by atoms with E-state index >= 15 is 0 Å². The van der Waals surface area contributed by atoms with Crippen LogP contribution in [0.1, 0.15) is 11.1 Å². The highest BCUT2D eigenvalue weighted by Crippen LogP contribution is 2.12. The number of ether oxygens (including phenoxy) is 1. The van der Waals surface area contributed by atoms with Gasteiger partial charge in [0.05, 0.1) is 18.7 Å². The highest BCUT2D eigenvalue weighted by atomic mass is 16.5. The first-order chi connectivity index (χ1) is 13.5. The van der Waals surface area contributed by atoms with Crippen molar-refractivity contribution in [3.63, 3.8) is 0 Å². The molecule has 28 heavy (non-hydrogen) atoms. The summed E-state index contributed by atoms with van der Waals surface area (Å²) in [5, 5.41) is 5.29. The van der Waals surface area contributed by atoms with Gasteiger partial charge in [-0.3, -0.25) is 14.4 Å². The van der Waals surface area contributed by atoms with Crippen LogP contribution in [-0.4, -0.2) is 40.2 Å². The standard InChI is InChI=1S/C21H21N3O4/c1-15-7-3-4-9-17(15)12-23(14-20(26)28-2)19(25)13-24-21(27)18-10-6-5-8-16(18)11-22-24/h3-11H,12-14H2,1-2H3. The van der Waals surface area contributed by atoms with Crippen LogP contribution in [0.2, 0.25) is 0 Å². The van der Waals surface area contributed by atoms with Crippen molar-refractivity contribution in [1.82, 2.24) is 14.7 Å². The van der Waals surface area contributed by atoms with E-state index in [0.29, 0.717) is 10.8 Å². The van der Waals surface area contributed by atoms with E-state index in [1.54, 1.807) is 24.4 Å². The second-order valence-electron chi connectivity index (χ2n) is 6.45. The summed E-state index contributed by atoms with van der Waals surface area (Å²) in [6.45, 7) is 1.72. The van der Waals surface area contributed by atoms with Gasteiger partial charge in [-0.15, -0.1) is 0 Å². The van der Waals surface area contributed by atoms with E-state index < -0.39 is 11.9 Å². The van der Waals surface area contributed by atoms with E-state index in [1.807, 2.05) is 37.3 Å². The number of esters is 1. The fourth-order valence-corrected chi connectivity index (χ4v) is 2.91. The third-order valence-corrected chi connectivity index (χ3v) is 4.57. The van der Waals surface area contributed by atoms with Gasteiger partial charge in [-0.1, -0.05) is 42.5 Å². The molecule has 144 valence electrons. The van der Waals surface area contributed by atoms with Gasteiger partial charge in [0.25, 0.3) is 5.56 Å². The number of hydrogen-bond acceptors (Lipinski definition) is 5. The van der Waals surface area contributed by atoms with Crippen molar-refractivity contribution in [3.05, 3.63) is 76.2 Å². The molecule has 0 bridgehead atoms. The zero-order chi connectivity index (χ0) is 20.1. The number of amides is 1. The molecule has 0 aliphatic rings. The van der Waals surface area contributed by atoms with Gasteiger partial charge in [0, 0.05) is 11.9 Å². The molecule has 0 aliphatic carbocycles. The number of rotatable bonds is 6. The Morgan fingerprint density at radius 3 is 2.57 bits per heavy atom. The summed E-state index contributed by atoms with van der Waals surface area (Å²) in [6.07, 6.45) is 1.55. The van der Waals surface area contributed by atoms with Gasteiger partial charge < -0.3 is 9.64 Å². The van der Waals surface area contributed by atoms with Crippen molar-refractivity contribution < 1.29 is 14.3 Å². The molecule has 0 unspecified atom stereocenters. The van der Waals surface area contributed by atoms with Crippen LogP contribution in [0.25, 0.3) is 10.8 Å². The van der Waals surface area contributed by atoms with Gasteiger partial charge in [0.2, 0.25) is 5.91 Å². The third-order valence-electron chi connectivity index (χ3n) is 4.57. The average molecular weight is 379 g/mol. The molecule has 3 aromatic rings. The lowest BCUT2D eigenvalue weighted by Gasteiger charge is -2.22. The van der Waals surface area contributed by atoms with Crippen LogP contribution < -0.4 is 5.56 Å². The summed E-state index contributed by atoms with van der Waals surface area (Å²) in [7, 11) is 1.27. The lowest BCUT2D eigenvalue weighted by molar-refractivity contribution is -0.147. The molecule has 0 N–H and O–H groups in total. The molecule has 7 nitrogen and oxygen atoms in total. The molecule has 2 aromatic carbocycles. The molecule has 0 saturated heterocycles. The summed E-state index contributed by atoms with van der Waals surface area (Å²) in [5.74, 6) is -0.917. The predicted octanol–water partition coefficient (Wildman–Crippen LogP) is 1.91. The van der Waals surface area contributed by atoms with Crippen LogP contribution in [0.4, 0.5) is 0 Å². The van der Waals surface area contributed by atoms with Crippen LogP contribution >= 0.6 is 0 Å². The van der Waals surface area contributed by atoms with E-state index in [0.717, 1.165) is 15.8 Å². The van der Waals surface area contributed by atoms with Crippen molar-refractivity contribution in [2.24, 2.45) is 0 Å². The Hall–Kier alpha value is -3.48. The number of nitrogens with zero attached hydrogens (tertiary/aromatic N) is 3. The van der Waals surface area contributed by atoms with Crippen molar-refractivity contribution >= 4 is 22.6 Å². The topological polar surface area (TPSA) is 81.5 Å². The largest absolute Gasteiger partial charge is 0.468 e. The van der Waals surface area contributed by atoms with Crippen LogP contribution in [-0.2, 0) is 27.4 Å². The Morgan fingerprint density at radius 1 is 1.11 bits per heavy atom. The highest BCUT2D eigenvalue weighted by Gasteiger charge is 2.20. The van der Waals surface area contributed by atoms with Gasteiger partial charge in [0.1, 0.15) is 13.1 Å². The van der Waals surface area contributed by atoms with Crippen LogP contribution in [0.5, 0.6) is 0 Å². The molecule has 3 rings (SSSR count). The maximum atomic E-state index is 12.9. The summed E-state index contributed by atoms with van der Waals surface area (Å²) in [4.78, 5) is 38.7. The van der Waals surface area contributed by atoms with Crippen LogP contribution in [0, 0.1) is 6.92 Å². The normalized spacial score (nSPS) is 10.6. The van der Waals surface area contributed by atoms with Crippen molar-refractivity contribution in [2.45, 2.75) is 20.0 Å². The molecule has 1 heterocycles. The fraction of sp³-hybridized carbons (Fsp3) is 0.238. The number of hydrogen-bond donors (Lipinski definition) is 0. The van der Waals surface area contributed by atoms with Crippen molar-refractivity contribution in [2.75, 3.05) is 13.7 Å². The number of carbonyl (C=O) groups is 2. The molecule has 0 radical (unpaired) electrons. The fourth-order valence-electron chi connectivity index (χ4n) is 2.91. The Bertz CT molecular complexity index is 1070. The Kier molecular flexibility index (Phi) is 5.84. The van der Waals surface area contributed by atoms with Crippen molar-refractivity contribution in [3.8, 4) is 0 Å². The predicted molar refractivity (Wildman–Crippen MR) is 105 cm³/mol. The minimum absolute atomic E-state index is 0.202. The SMILES string of the molecule is COC(=O)CN(Cc1ccccc1C)C(=O)Cn1ncc2ccccc2c1=O. The molecule has 0 fully saturated rings. The molecule has 7 heteroatoms. The van der Waals surface area contributed by atoms with Crippen LogP contribution in [0.15, 0.2) is 59.5 Å². The maximum absolute atomic E-state index is 12.9. The van der Waals surface area contributed by atoms with Crippen LogP contribution in [0.3, 0.4) is 0 Å². The summed E-state index contributed by atoms with van der Waals surface area (Å²) in [6, 6.07) is 14.7. The number of aryl methyl sites for hydroxylation is 1. The molecule has 0 atom stereocenters. The first-order valence-electron chi connectivity index (χ1n) is 8.83. The number of benzene rings is 2. The Labute approximate surface area is 162 Å². The maximum Gasteiger partial charge on any atom is 0.325 e. The van der Waals surface area contributed by atoms with Gasteiger partial charge in [-0.2, -0.15) is 5.10 Å². The molecular formula is C21H21N3O4. The molecule has 1 amide bonds. The zero-order valence-electron chi connectivity index (χ0n) is 15.8. The monoisotopic (exact) mass is 379 g/mol. The molecule has 1 aromatic heterocycles. The van der Waals surface area contributed by atoms with E-state index in [-0.39, 0.29) is 25.2 Å². The minimum Gasteiger partial charge on any atom is -0.468 e. The zero-order valence-corrected chi connectivity index (χ0v) is 15.8. The highest BCUT2D eigenvalue weighted by molar-refractivity contribution is 5.83. The molecule has 0 spiro atoms. The molecule has 0 aliphatic heterocycles. The Morgan fingerprint density at radius 2 is 1.82 bits per heavy atom. The Balaban J connectivity index is 1.87. The molecule has 0 saturated carbocycles. The average Bonchev–Trinajstić information content (AvgIpc) is 2.71. The number of methoxy groups -OCH3 is 1. The first-order valence-corrected chi connectivity index (χ1v) is 8.83. The second-order valence-corrected chi connectivity index (χ2v) is 6.45. The quantitative estimate of drug-likeness (QED) is 0.611. The summed E-state index contributed by atoms with van der Waals surface area (Å²) < 4.78 is 5.83. The number of fused-ring (bicyclic) bond motifs is 1. The van der Waals surface area contributed by atoms with E-state index in [2.05, 4.69) is 5.10 Å². The summed E-state index contributed by atoms with van der Waals surface area (Å²) in [5.41, 5.74) is 1.57. The summed E-state index contributed by atoms with van der Waals surface area (Å²) >= 11 is 0. The van der Waals surface area contributed by atoms with Gasteiger partial charge in [-0.05, 0) is 24.1 Å². The minimum atomic E-state index is -0.527. The molecular weight excluding hydrogens is 358 g/mol. The van der Waals surface area contributed by atoms with E-state index in [4.69, 9.17) is 4.74 Å². The second kappa shape index (κ2) is 8.47. The third kappa shape index (κ3) is 4.25. The van der Waals surface area contributed by atoms with E-state index in [9.17, 15) is 14.4 Å². The smallest absolute Gasteiger partial charge is 0.325 e. The number of aromatic nitrogens is 2.